The Morgan fingerprint density at radius 3 is 1.70 bits per heavy atom. The van der Waals surface area contributed by atoms with Crippen molar-refractivity contribution in [3.63, 3.8) is 0 Å². The van der Waals surface area contributed by atoms with Gasteiger partial charge in [-0.3, -0.25) is 0 Å². The summed E-state index contributed by atoms with van der Waals surface area (Å²) in [4.78, 5) is 0. The number of rotatable bonds is 3. The lowest BCUT2D eigenvalue weighted by Gasteiger charge is -2.22. The molecular formula is C22H18O. The summed E-state index contributed by atoms with van der Waals surface area (Å²) in [6, 6.07) is 31.6. The average molecular weight is 298 g/mol. The van der Waals surface area contributed by atoms with Gasteiger partial charge in [0.25, 0.3) is 0 Å². The number of hydrogen-bond acceptors (Lipinski definition) is 1. The van der Waals surface area contributed by atoms with Gasteiger partial charge in [0, 0.05) is 5.57 Å². The van der Waals surface area contributed by atoms with Crippen LogP contribution in [0.2, 0.25) is 0 Å². The molecule has 1 nitrogen and oxygen atoms in total. The number of hydrogen-bond donors (Lipinski definition) is 0. The minimum Gasteiger partial charge on any atom is -0.492 e. The summed E-state index contributed by atoms with van der Waals surface area (Å²) < 4.78 is 6.11. The first-order chi connectivity index (χ1) is 11.4. The van der Waals surface area contributed by atoms with E-state index in [2.05, 4.69) is 78.9 Å². The molecule has 0 aromatic heterocycles. The van der Waals surface area contributed by atoms with E-state index in [0.29, 0.717) is 0 Å². The lowest BCUT2D eigenvalue weighted by molar-refractivity contribution is 0.159. The predicted molar refractivity (Wildman–Crippen MR) is 93.9 cm³/mol. The quantitative estimate of drug-likeness (QED) is 0.613. The fourth-order valence-electron chi connectivity index (χ4n) is 3.27. The van der Waals surface area contributed by atoms with Gasteiger partial charge in [-0.1, -0.05) is 91.0 Å². The molecule has 1 heterocycles. The van der Waals surface area contributed by atoms with E-state index < -0.39 is 0 Å². The highest BCUT2D eigenvalue weighted by Crippen LogP contribution is 2.48. The largest absolute Gasteiger partial charge is 0.492 e. The van der Waals surface area contributed by atoms with Crippen LogP contribution in [-0.4, -0.2) is 0 Å². The van der Waals surface area contributed by atoms with E-state index in [1.807, 2.05) is 18.4 Å². The SMILES string of the molecule is C1=C(c2ccccc2)C(c2ccccc2)C(c2ccccc2)O1. The van der Waals surface area contributed by atoms with Gasteiger partial charge in [0.15, 0.2) is 0 Å². The Balaban J connectivity index is 1.79. The van der Waals surface area contributed by atoms with Crippen molar-refractivity contribution in [2.24, 2.45) is 0 Å². The van der Waals surface area contributed by atoms with Crippen LogP contribution in [0.25, 0.3) is 5.57 Å². The Morgan fingerprint density at radius 2 is 1.09 bits per heavy atom. The molecule has 0 amide bonds. The van der Waals surface area contributed by atoms with Crippen LogP contribution in [0.3, 0.4) is 0 Å². The zero-order valence-corrected chi connectivity index (χ0v) is 12.8. The van der Waals surface area contributed by atoms with Crippen LogP contribution in [0.4, 0.5) is 0 Å². The van der Waals surface area contributed by atoms with Crippen molar-refractivity contribution in [2.45, 2.75) is 12.0 Å². The van der Waals surface area contributed by atoms with Gasteiger partial charge in [0.2, 0.25) is 0 Å². The molecule has 112 valence electrons. The summed E-state index contributed by atoms with van der Waals surface area (Å²) in [6.45, 7) is 0. The monoisotopic (exact) mass is 298 g/mol. The summed E-state index contributed by atoms with van der Waals surface area (Å²) in [7, 11) is 0. The minimum absolute atomic E-state index is 0.0220. The van der Waals surface area contributed by atoms with Crippen LogP contribution in [0.5, 0.6) is 0 Å². The van der Waals surface area contributed by atoms with E-state index in [1.165, 1.54) is 22.3 Å². The van der Waals surface area contributed by atoms with Crippen molar-refractivity contribution in [3.8, 4) is 0 Å². The van der Waals surface area contributed by atoms with Crippen LogP contribution in [0.15, 0.2) is 97.3 Å². The third kappa shape index (κ3) is 2.66. The summed E-state index contributed by atoms with van der Waals surface area (Å²) in [5.74, 6) is 0.209. The van der Waals surface area contributed by atoms with Gasteiger partial charge in [-0.15, -0.1) is 0 Å². The lowest BCUT2D eigenvalue weighted by atomic mass is 9.82. The Bertz CT molecular complexity index is 791. The van der Waals surface area contributed by atoms with Crippen molar-refractivity contribution in [3.05, 3.63) is 114 Å². The van der Waals surface area contributed by atoms with Crippen LogP contribution < -0.4 is 0 Å². The van der Waals surface area contributed by atoms with Gasteiger partial charge < -0.3 is 4.74 Å². The second-order valence-electron chi connectivity index (χ2n) is 5.79. The zero-order valence-electron chi connectivity index (χ0n) is 12.8. The highest BCUT2D eigenvalue weighted by Gasteiger charge is 2.34. The maximum atomic E-state index is 6.11. The first kappa shape index (κ1) is 13.8. The van der Waals surface area contributed by atoms with Gasteiger partial charge in [-0.2, -0.15) is 0 Å². The van der Waals surface area contributed by atoms with Crippen molar-refractivity contribution in [2.75, 3.05) is 0 Å². The molecule has 3 aromatic rings. The Hall–Kier alpha value is -2.80. The van der Waals surface area contributed by atoms with Crippen LogP contribution in [-0.2, 0) is 4.74 Å². The molecule has 3 aromatic carbocycles. The summed E-state index contributed by atoms with van der Waals surface area (Å²) in [5, 5.41) is 0. The topological polar surface area (TPSA) is 9.23 Å². The molecule has 0 bridgehead atoms. The van der Waals surface area contributed by atoms with Crippen LogP contribution >= 0.6 is 0 Å². The predicted octanol–water partition coefficient (Wildman–Crippen LogP) is 5.58. The molecule has 1 aliphatic rings. The van der Waals surface area contributed by atoms with Gasteiger partial charge in [-0.25, -0.2) is 0 Å². The third-order valence-corrected chi connectivity index (χ3v) is 4.37. The van der Waals surface area contributed by atoms with E-state index >= 15 is 0 Å². The van der Waals surface area contributed by atoms with Crippen molar-refractivity contribution >= 4 is 5.57 Å². The number of benzene rings is 3. The molecule has 0 N–H and O–H groups in total. The average Bonchev–Trinajstić information content (AvgIpc) is 3.09. The van der Waals surface area contributed by atoms with Crippen molar-refractivity contribution < 1.29 is 4.74 Å². The molecule has 0 saturated carbocycles. The van der Waals surface area contributed by atoms with E-state index in [0.717, 1.165) is 0 Å². The first-order valence-corrected chi connectivity index (χ1v) is 7.94. The highest BCUT2D eigenvalue weighted by atomic mass is 16.5. The molecule has 0 aliphatic carbocycles. The minimum atomic E-state index is 0.0220. The molecule has 2 atom stereocenters. The molecule has 0 saturated heterocycles. The van der Waals surface area contributed by atoms with Crippen LogP contribution in [0, 0.1) is 0 Å². The van der Waals surface area contributed by atoms with Crippen LogP contribution in [0.1, 0.15) is 28.7 Å². The van der Waals surface area contributed by atoms with E-state index in [9.17, 15) is 0 Å². The Morgan fingerprint density at radius 1 is 0.565 bits per heavy atom. The summed E-state index contributed by atoms with van der Waals surface area (Å²) >= 11 is 0. The molecule has 2 unspecified atom stereocenters. The molecule has 23 heavy (non-hydrogen) atoms. The van der Waals surface area contributed by atoms with Gasteiger partial charge in [0.05, 0.1) is 12.2 Å². The smallest absolute Gasteiger partial charge is 0.134 e. The molecule has 4 rings (SSSR count). The maximum absolute atomic E-state index is 6.11. The molecule has 0 fully saturated rings. The Kier molecular flexibility index (Phi) is 3.69. The molecule has 0 spiro atoms. The lowest BCUT2D eigenvalue weighted by Crippen LogP contribution is -2.09. The fourth-order valence-corrected chi connectivity index (χ4v) is 3.27. The fraction of sp³-hybridized carbons (Fsp3) is 0.0909. The van der Waals surface area contributed by atoms with E-state index in [-0.39, 0.29) is 12.0 Å². The van der Waals surface area contributed by atoms with Crippen molar-refractivity contribution in [1.29, 1.82) is 0 Å². The number of ether oxygens (including phenoxy) is 1. The zero-order chi connectivity index (χ0) is 15.5. The summed E-state index contributed by atoms with van der Waals surface area (Å²) in [6.07, 6.45) is 1.96. The van der Waals surface area contributed by atoms with Gasteiger partial charge >= 0.3 is 0 Å². The standard InChI is InChI=1S/C22H18O/c1-4-10-17(11-5-1)20-16-23-22(19-14-8-3-9-15-19)21(20)18-12-6-2-7-13-18/h1-16,21-22H. The summed E-state index contributed by atoms with van der Waals surface area (Å²) in [5.41, 5.74) is 4.96. The first-order valence-electron chi connectivity index (χ1n) is 7.94. The van der Waals surface area contributed by atoms with Gasteiger partial charge in [-0.05, 0) is 16.7 Å². The molecule has 1 aliphatic heterocycles. The second kappa shape index (κ2) is 6.13. The molecule has 0 radical (unpaired) electrons. The normalized spacial score (nSPS) is 19.9. The van der Waals surface area contributed by atoms with E-state index in [1.54, 1.807) is 0 Å². The molecule has 1 heteroatoms. The van der Waals surface area contributed by atoms with Crippen molar-refractivity contribution in [1.82, 2.24) is 0 Å². The van der Waals surface area contributed by atoms with E-state index in [4.69, 9.17) is 4.74 Å². The van der Waals surface area contributed by atoms with Gasteiger partial charge in [0.1, 0.15) is 6.10 Å². The third-order valence-electron chi connectivity index (χ3n) is 4.37. The second-order valence-corrected chi connectivity index (χ2v) is 5.79. The maximum Gasteiger partial charge on any atom is 0.134 e. The highest BCUT2D eigenvalue weighted by molar-refractivity contribution is 5.73. The Labute approximate surface area is 136 Å². The molecular weight excluding hydrogens is 280 g/mol.